The zero-order valence-electron chi connectivity index (χ0n) is 41.9. The Bertz CT molecular complexity index is 2170. The Morgan fingerprint density at radius 2 is 1.36 bits per heavy atom. The first-order valence-corrected chi connectivity index (χ1v) is 26.0. The summed E-state index contributed by atoms with van der Waals surface area (Å²) < 4.78 is 32.4. The molecule has 3 unspecified atom stereocenters. The highest BCUT2D eigenvalue weighted by molar-refractivity contribution is 6.07. The average molecular weight is 968 g/mol. The van der Waals surface area contributed by atoms with Crippen LogP contribution < -0.4 is 10.1 Å². The topological polar surface area (TPSA) is 177 Å². The number of rotatable bonds is 33. The minimum absolute atomic E-state index is 0.0132. The lowest BCUT2D eigenvalue weighted by atomic mass is 9.94. The number of amides is 3. The summed E-state index contributed by atoms with van der Waals surface area (Å²) in [6.07, 6.45) is 16.6. The summed E-state index contributed by atoms with van der Waals surface area (Å²) in [6.45, 7) is 12.6. The third-order valence-electron chi connectivity index (χ3n) is 13.8. The third kappa shape index (κ3) is 16.0. The van der Waals surface area contributed by atoms with Crippen LogP contribution in [-0.4, -0.2) is 135 Å². The molecule has 4 aromatic rings. The molecule has 3 atom stereocenters. The van der Waals surface area contributed by atoms with Gasteiger partial charge in [-0.05, 0) is 75.3 Å². The van der Waals surface area contributed by atoms with E-state index in [0.29, 0.717) is 114 Å². The van der Waals surface area contributed by atoms with E-state index >= 15 is 0 Å². The highest BCUT2D eigenvalue weighted by atomic mass is 16.6. The molecular formula is C53H77N9O8. The van der Waals surface area contributed by atoms with Crippen molar-refractivity contribution in [1.29, 1.82) is 0 Å². The van der Waals surface area contributed by atoms with Gasteiger partial charge in [0.1, 0.15) is 29.7 Å². The Kier molecular flexibility index (Phi) is 21.2. The molecule has 0 aliphatic carbocycles. The van der Waals surface area contributed by atoms with Crippen molar-refractivity contribution in [2.45, 2.75) is 154 Å². The number of imide groups is 1. The van der Waals surface area contributed by atoms with E-state index in [2.05, 4.69) is 86.4 Å². The monoisotopic (exact) mass is 968 g/mol. The number of likely N-dealkylation sites (tertiary alicyclic amines) is 1. The van der Waals surface area contributed by atoms with Gasteiger partial charge in [-0.15, -0.1) is 15.3 Å². The van der Waals surface area contributed by atoms with Crippen molar-refractivity contribution < 1.29 is 38.1 Å². The molecule has 5 heterocycles. The SMILES string of the molecule is Cc1nnc(C(C)C)n1C1CC2CCC(C1)N2CC(NC(=O)CCCCCCCCCCn1cc(COCCOCCOCCOCCOc2ccc(C(=O)N3CCC3=O)cc2)nn1)c1ccccc1. The standard InChI is InChI=1S/C53H77N9O8/c1-40(2)52-57-55-41(3)62(52)47-35-45-20-21-46(36-47)61(45)38-49(42-15-11-10-12-16-42)54-50(63)17-13-8-6-4-5-7-9-14-25-59-37-44(56-58-59)39-69-32-31-67-28-27-66-29-30-68-33-34-70-48-22-18-43(19-23-48)53(65)60-26-24-51(60)64/h10-12,15-16,18-19,22-23,37,40,45-47,49H,4-9,13-14,17,20-21,24-36,38-39H2,1-3H3,(H,54,63). The summed E-state index contributed by atoms with van der Waals surface area (Å²) in [5.41, 5.74) is 2.47. The summed E-state index contributed by atoms with van der Waals surface area (Å²) in [4.78, 5) is 41.0. The van der Waals surface area contributed by atoms with Crippen molar-refractivity contribution >= 4 is 17.7 Å². The van der Waals surface area contributed by atoms with Gasteiger partial charge >= 0.3 is 0 Å². The number of aromatic nitrogens is 6. The van der Waals surface area contributed by atoms with E-state index in [1.807, 2.05) is 10.9 Å². The minimum atomic E-state index is -0.270. The van der Waals surface area contributed by atoms with Gasteiger partial charge in [0.2, 0.25) is 11.8 Å². The van der Waals surface area contributed by atoms with E-state index in [1.165, 1.54) is 42.6 Å². The zero-order valence-corrected chi connectivity index (χ0v) is 41.9. The fourth-order valence-electron chi connectivity index (χ4n) is 9.95. The highest BCUT2D eigenvalue weighted by Gasteiger charge is 2.43. The van der Waals surface area contributed by atoms with Gasteiger partial charge in [-0.25, -0.2) is 0 Å². The first kappa shape index (κ1) is 52.7. The molecule has 0 saturated carbocycles. The number of piperidine rings is 1. The second-order valence-corrected chi connectivity index (χ2v) is 19.3. The van der Waals surface area contributed by atoms with Crippen LogP contribution in [0.1, 0.15) is 155 Å². The van der Waals surface area contributed by atoms with Gasteiger partial charge in [0.25, 0.3) is 5.91 Å². The van der Waals surface area contributed by atoms with E-state index in [4.69, 9.17) is 23.7 Å². The second-order valence-electron chi connectivity index (χ2n) is 19.3. The normalized spacial score (nSPS) is 18.4. The number of fused-ring (bicyclic) bond motifs is 2. The first-order chi connectivity index (χ1) is 34.2. The quantitative estimate of drug-likeness (QED) is 0.0282. The lowest BCUT2D eigenvalue weighted by Crippen LogP contribution is -2.48. The Morgan fingerprint density at radius 1 is 0.729 bits per heavy atom. The second kappa shape index (κ2) is 28.1. The molecule has 2 aromatic carbocycles. The maximum atomic E-state index is 13.3. The van der Waals surface area contributed by atoms with Crippen LogP contribution in [0.5, 0.6) is 5.75 Å². The van der Waals surface area contributed by atoms with Gasteiger partial charge in [0.15, 0.2) is 0 Å². The van der Waals surface area contributed by atoms with Crippen LogP contribution in [0, 0.1) is 6.92 Å². The van der Waals surface area contributed by atoms with Gasteiger partial charge in [-0.3, -0.25) is 28.9 Å². The van der Waals surface area contributed by atoms with Crippen LogP contribution in [0.15, 0.2) is 60.8 Å². The van der Waals surface area contributed by atoms with Crippen LogP contribution in [0.25, 0.3) is 0 Å². The molecule has 1 N–H and O–H groups in total. The molecule has 3 saturated heterocycles. The van der Waals surface area contributed by atoms with Gasteiger partial charge in [0.05, 0.1) is 65.1 Å². The van der Waals surface area contributed by atoms with E-state index in [0.717, 1.165) is 75.4 Å². The van der Waals surface area contributed by atoms with Gasteiger partial charge in [0, 0.05) is 62.1 Å². The lowest BCUT2D eigenvalue weighted by molar-refractivity contribution is -0.136. The Labute approximate surface area is 414 Å². The summed E-state index contributed by atoms with van der Waals surface area (Å²) in [5, 5.41) is 20.9. The molecule has 3 aliphatic heterocycles. The lowest BCUT2D eigenvalue weighted by Gasteiger charge is -2.41. The van der Waals surface area contributed by atoms with E-state index in [1.54, 1.807) is 24.3 Å². The van der Waals surface area contributed by atoms with Crippen molar-refractivity contribution in [3.8, 4) is 5.75 Å². The largest absolute Gasteiger partial charge is 0.491 e. The summed E-state index contributed by atoms with van der Waals surface area (Å²) in [6, 6.07) is 18.7. The van der Waals surface area contributed by atoms with Gasteiger partial charge in [-0.1, -0.05) is 87.9 Å². The maximum absolute atomic E-state index is 13.3. The Balaban J connectivity index is 0.645. The molecule has 7 rings (SSSR count). The number of aryl methyl sites for hydroxylation is 2. The van der Waals surface area contributed by atoms with Crippen LogP contribution in [0.4, 0.5) is 0 Å². The number of carbonyl (C=O) groups excluding carboxylic acids is 3. The van der Waals surface area contributed by atoms with Crippen LogP contribution in [-0.2, 0) is 41.7 Å². The van der Waals surface area contributed by atoms with Crippen molar-refractivity contribution in [3.05, 3.63) is 89.3 Å². The fraction of sp³-hybridized carbons (Fsp3) is 0.642. The van der Waals surface area contributed by atoms with E-state index in [-0.39, 0.29) is 23.8 Å². The highest BCUT2D eigenvalue weighted by Crippen LogP contribution is 2.43. The molecule has 0 spiro atoms. The number of nitrogens with zero attached hydrogens (tertiary/aromatic N) is 8. The number of benzene rings is 2. The third-order valence-corrected chi connectivity index (χ3v) is 13.8. The van der Waals surface area contributed by atoms with Crippen LogP contribution in [0.2, 0.25) is 0 Å². The van der Waals surface area contributed by atoms with Crippen LogP contribution >= 0.6 is 0 Å². The number of nitrogens with one attached hydrogen (secondary N) is 1. The molecular weight excluding hydrogens is 891 g/mol. The molecule has 2 bridgehead atoms. The summed E-state index contributed by atoms with van der Waals surface area (Å²) >= 11 is 0. The predicted molar refractivity (Wildman–Crippen MR) is 264 cm³/mol. The molecule has 3 aliphatic rings. The molecule has 382 valence electrons. The molecule has 3 fully saturated rings. The molecule has 2 aromatic heterocycles. The van der Waals surface area contributed by atoms with E-state index in [9.17, 15) is 14.4 Å². The minimum Gasteiger partial charge on any atom is -0.491 e. The van der Waals surface area contributed by atoms with Crippen molar-refractivity contribution in [1.82, 2.24) is 44.9 Å². The van der Waals surface area contributed by atoms with Crippen molar-refractivity contribution in [2.75, 3.05) is 65.9 Å². The van der Waals surface area contributed by atoms with Gasteiger partial charge in [-0.2, -0.15) is 0 Å². The van der Waals surface area contributed by atoms with Gasteiger partial charge < -0.3 is 33.6 Å². The molecule has 3 amide bonds. The zero-order chi connectivity index (χ0) is 48.9. The molecule has 17 nitrogen and oxygen atoms in total. The summed E-state index contributed by atoms with van der Waals surface area (Å²) in [7, 11) is 0. The number of carbonyl (C=O) groups is 3. The smallest absolute Gasteiger partial charge is 0.260 e. The number of ether oxygens (including phenoxy) is 5. The van der Waals surface area contributed by atoms with Crippen molar-refractivity contribution in [2.24, 2.45) is 0 Å². The first-order valence-electron chi connectivity index (χ1n) is 26.0. The maximum Gasteiger partial charge on any atom is 0.260 e. The molecule has 17 heteroatoms. The van der Waals surface area contributed by atoms with E-state index < -0.39 is 0 Å². The average Bonchev–Trinajstić information content (AvgIpc) is 4.05. The number of hydrogen-bond donors (Lipinski definition) is 1. The molecule has 0 radical (unpaired) electrons. The Morgan fingerprint density at radius 3 is 1.99 bits per heavy atom. The number of hydrogen-bond acceptors (Lipinski definition) is 13. The number of β-lactam (4-membered cyclic amide) rings is 1. The Hall–Kier alpha value is -5.07. The van der Waals surface area contributed by atoms with Crippen LogP contribution in [0.3, 0.4) is 0 Å². The summed E-state index contributed by atoms with van der Waals surface area (Å²) in [5.74, 6) is 2.86. The molecule has 70 heavy (non-hydrogen) atoms. The fourth-order valence-corrected chi connectivity index (χ4v) is 9.95. The van der Waals surface area contributed by atoms with Crippen molar-refractivity contribution in [3.63, 3.8) is 0 Å². The predicted octanol–water partition coefficient (Wildman–Crippen LogP) is 7.56. The number of unbranched alkanes of at least 4 members (excludes halogenated alkanes) is 7.